The number of rotatable bonds is 5. The summed E-state index contributed by atoms with van der Waals surface area (Å²) in [4.78, 5) is 13.0. The predicted molar refractivity (Wildman–Crippen MR) is 120 cm³/mol. The van der Waals surface area contributed by atoms with E-state index in [1.54, 1.807) is 0 Å². The summed E-state index contributed by atoms with van der Waals surface area (Å²) in [5.41, 5.74) is 2.96. The van der Waals surface area contributed by atoms with E-state index in [9.17, 15) is 4.79 Å². The molecule has 6 heteroatoms. The van der Waals surface area contributed by atoms with Crippen molar-refractivity contribution in [1.29, 1.82) is 0 Å². The van der Waals surface area contributed by atoms with E-state index in [0.29, 0.717) is 23.8 Å². The molecule has 1 fully saturated rings. The molecule has 0 saturated heterocycles. The highest BCUT2D eigenvalue weighted by Gasteiger charge is 2.41. The number of aryl methyl sites for hydroxylation is 2. The number of hydrogen-bond donors (Lipinski definition) is 0. The van der Waals surface area contributed by atoms with Gasteiger partial charge in [0.25, 0.3) is 0 Å². The number of benzene rings is 2. The molecular weight excluding hydrogens is 468 g/mol. The second-order valence-corrected chi connectivity index (χ2v) is 9.27. The molecule has 0 aromatic heterocycles. The van der Waals surface area contributed by atoms with Gasteiger partial charge in [0.05, 0.1) is 18.6 Å². The van der Waals surface area contributed by atoms with Crippen LogP contribution < -0.4 is 4.74 Å². The molecule has 3 atom stereocenters. The van der Waals surface area contributed by atoms with Crippen LogP contribution in [0.15, 0.2) is 52.9 Å². The Balaban J connectivity index is 1.37. The molecule has 0 spiro atoms. The van der Waals surface area contributed by atoms with Crippen molar-refractivity contribution in [1.82, 2.24) is 0 Å². The Hall–Kier alpha value is -1.82. The van der Waals surface area contributed by atoms with Gasteiger partial charge < -0.3 is 14.2 Å². The molecule has 1 aliphatic heterocycles. The summed E-state index contributed by atoms with van der Waals surface area (Å²) in [6.07, 6.45) is 3.64. The molecule has 30 heavy (non-hydrogen) atoms. The highest BCUT2D eigenvalue weighted by Crippen LogP contribution is 2.36. The highest BCUT2D eigenvalue weighted by molar-refractivity contribution is 9.10. The van der Waals surface area contributed by atoms with Crippen LogP contribution >= 0.6 is 27.5 Å². The predicted octanol–water partition coefficient (Wildman–Crippen LogP) is 6.29. The Labute approximate surface area is 190 Å². The van der Waals surface area contributed by atoms with E-state index < -0.39 is 0 Å². The minimum atomic E-state index is -0.188. The van der Waals surface area contributed by atoms with E-state index >= 15 is 0 Å². The zero-order valence-electron chi connectivity index (χ0n) is 17.0. The number of Topliss-reactive ketones (excluding diaryl/α,β-unsaturated/α-hetero) is 1. The lowest BCUT2D eigenvalue weighted by molar-refractivity contribution is -0.134. The Kier molecular flexibility index (Phi) is 6.51. The van der Waals surface area contributed by atoms with E-state index in [1.807, 2.05) is 50.2 Å². The van der Waals surface area contributed by atoms with Crippen LogP contribution in [0.1, 0.15) is 36.0 Å². The van der Waals surface area contributed by atoms with Crippen molar-refractivity contribution < 1.29 is 19.0 Å². The van der Waals surface area contributed by atoms with Gasteiger partial charge in [-0.05, 0) is 67.6 Å². The fourth-order valence-electron chi connectivity index (χ4n) is 4.05. The number of allylic oxidation sites excluding steroid dienone is 1. The van der Waals surface area contributed by atoms with Crippen LogP contribution in [0.25, 0.3) is 0 Å². The fraction of sp³-hybridized carbons (Fsp3) is 0.375. The quantitative estimate of drug-likeness (QED) is 0.493. The van der Waals surface area contributed by atoms with Gasteiger partial charge in [-0.25, -0.2) is 0 Å². The molecule has 1 saturated carbocycles. The number of fused-ring (bicyclic) bond motifs is 1. The molecule has 0 bridgehead atoms. The Bertz CT molecular complexity index is 947. The molecule has 2 aliphatic rings. The topological polar surface area (TPSA) is 44.8 Å². The van der Waals surface area contributed by atoms with Crippen LogP contribution in [0.2, 0.25) is 5.02 Å². The molecule has 0 radical (unpaired) electrons. The second-order valence-electron chi connectivity index (χ2n) is 7.97. The van der Waals surface area contributed by atoms with Gasteiger partial charge in [0.15, 0.2) is 0 Å². The summed E-state index contributed by atoms with van der Waals surface area (Å²) in [7, 11) is 0. The first-order valence-electron chi connectivity index (χ1n) is 10.1. The van der Waals surface area contributed by atoms with Crippen molar-refractivity contribution in [2.75, 3.05) is 0 Å². The maximum Gasteiger partial charge on any atom is 0.207 e. The minimum Gasteiger partial charge on any atom is -0.493 e. The average Bonchev–Trinajstić information content (AvgIpc) is 2.73. The maximum atomic E-state index is 13.0. The van der Waals surface area contributed by atoms with Crippen molar-refractivity contribution in [3.05, 3.63) is 74.6 Å². The number of ether oxygens (including phenoxy) is 3. The first-order valence-corrected chi connectivity index (χ1v) is 11.3. The molecule has 0 N–H and O–H groups in total. The van der Waals surface area contributed by atoms with E-state index in [0.717, 1.165) is 34.0 Å². The summed E-state index contributed by atoms with van der Waals surface area (Å²) in [6, 6.07) is 11.8. The third-order valence-electron chi connectivity index (χ3n) is 5.71. The normalized spacial score (nSPS) is 23.4. The van der Waals surface area contributed by atoms with Crippen molar-refractivity contribution in [3.8, 4) is 5.75 Å². The van der Waals surface area contributed by atoms with Gasteiger partial charge in [0.1, 0.15) is 18.1 Å². The molecule has 2 aromatic rings. The van der Waals surface area contributed by atoms with Crippen LogP contribution in [0.4, 0.5) is 0 Å². The number of hydrogen-bond acceptors (Lipinski definition) is 4. The molecule has 1 aliphatic carbocycles. The van der Waals surface area contributed by atoms with Crippen LogP contribution in [0.5, 0.6) is 5.75 Å². The summed E-state index contributed by atoms with van der Waals surface area (Å²) < 4.78 is 18.9. The number of carbonyl (C=O) groups excluding carboxylic acids is 1. The zero-order chi connectivity index (χ0) is 21.3. The van der Waals surface area contributed by atoms with Gasteiger partial charge in [-0.3, -0.25) is 4.79 Å². The summed E-state index contributed by atoms with van der Waals surface area (Å²) in [6.45, 7) is 4.39. The second kappa shape index (κ2) is 9.13. The Morgan fingerprint density at radius 3 is 2.53 bits per heavy atom. The van der Waals surface area contributed by atoms with Gasteiger partial charge in [-0.2, -0.15) is 0 Å². The van der Waals surface area contributed by atoms with Gasteiger partial charge >= 0.3 is 0 Å². The van der Waals surface area contributed by atoms with Crippen LogP contribution in [0.3, 0.4) is 0 Å². The number of carbonyl (C=O) groups is 1. The SMILES string of the molecule is Cc1cc(OC2=COC3CC(OCc4ccc(Br)cc4)CCC3C2=O)cc(C)c1Cl. The smallest absolute Gasteiger partial charge is 0.207 e. The molecule has 158 valence electrons. The Morgan fingerprint density at radius 1 is 1.13 bits per heavy atom. The monoisotopic (exact) mass is 490 g/mol. The van der Waals surface area contributed by atoms with E-state index in [1.165, 1.54) is 6.26 Å². The molecule has 0 amide bonds. The first kappa shape index (κ1) is 21.4. The fourth-order valence-corrected chi connectivity index (χ4v) is 4.42. The zero-order valence-corrected chi connectivity index (χ0v) is 19.3. The summed E-state index contributed by atoms with van der Waals surface area (Å²) in [5.74, 6) is 0.670. The summed E-state index contributed by atoms with van der Waals surface area (Å²) in [5, 5.41) is 0.712. The molecular formula is C24H24BrClO4. The minimum absolute atomic E-state index is 0.00265. The first-order chi connectivity index (χ1) is 14.4. The van der Waals surface area contributed by atoms with E-state index in [2.05, 4.69) is 15.9 Å². The Morgan fingerprint density at radius 2 is 1.83 bits per heavy atom. The van der Waals surface area contributed by atoms with Crippen molar-refractivity contribution >= 4 is 33.3 Å². The largest absolute Gasteiger partial charge is 0.493 e. The lowest BCUT2D eigenvalue weighted by atomic mass is 9.80. The van der Waals surface area contributed by atoms with Gasteiger partial charge in [-0.15, -0.1) is 0 Å². The average molecular weight is 492 g/mol. The third-order valence-corrected chi connectivity index (χ3v) is 6.83. The van der Waals surface area contributed by atoms with Crippen LogP contribution in [-0.2, 0) is 20.9 Å². The molecule has 3 unspecified atom stereocenters. The van der Waals surface area contributed by atoms with Crippen LogP contribution in [-0.4, -0.2) is 18.0 Å². The highest BCUT2D eigenvalue weighted by atomic mass is 79.9. The van der Waals surface area contributed by atoms with E-state index in [4.69, 9.17) is 25.8 Å². The van der Waals surface area contributed by atoms with Crippen molar-refractivity contribution in [2.24, 2.45) is 5.92 Å². The van der Waals surface area contributed by atoms with Crippen molar-refractivity contribution in [2.45, 2.75) is 51.9 Å². The lowest BCUT2D eigenvalue weighted by Gasteiger charge is -2.37. The van der Waals surface area contributed by atoms with E-state index in [-0.39, 0.29) is 29.7 Å². The molecule has 4 nitrogen and oxygen atoms in total. The van der Waals surface area contributed by atoms with Gasteiger partial charge in [0.2, 0.25) is 11.5 Å². The molecule has 2 aromatic carbocycles. The number of ketones is 1. The maximum absolute atomic E-state index is 13.0. The molecule has 4 rings (SSSR count). The van der Waals surface area contributed by atoms with Crippen LogP contribution in [0, 0.1) is 19.8 Å². The third kappa shape index (κ3) is 4.74. The number of halogens is 2. The molecule has 1 heterocycles. The standard InChI is InChI=1S/C24H24BrClO4/c1-14-9-19(10-15(2)23(14)26)30-22-13-29-21-11-18(7-8-20(21)24(22)27)28-12-16-3-5-17(25)6-4-16/h3-6,9-10,13,18,20-21H,7-8,11-12H2,1-2H3. The lowest BCUT2D eigenvalue weighted by Crippen LogP contribution is -2.42. The summed E-state index contributed by atoms with van der Waals surface area (Å²) >= 11 is 9.66. The van der Waals surface area contributed by atoms with Crippen molar-refractivity contribution in [3.63, 3.8) is 0 Å². The van der Waals surface area contributed by atoms with Gasteiger partial charge in [0, 0.05) is 15.9 Å². The van der Waals surface area contributed by atoms with Gasteiger partial charge in [-0.1, -0.05) is 39.7 Å².